The number of carbonyl (C=O) groups is 2. The van der Waals surface area contributed by atoms with Crippen LogP contribution in [0, 0.1) is 6.92 Å². The van der Waals surface area contributed by atoms with E-state index in [4.69, 9.17) is 21.4 Å². The monoisotopic (exact) mass is 299 g/mol. The number of nitrogens with one attached hydrogen (secondary N) is 1. The lowest BCUT2D eigenvalue weighted by atomic mass is 10.2. The quantitative estimate of drug-likeness (QED) is 0.810. The maximum Gasteiger partial charge on any atom is 0.303 e. The summed E-state index contributed by atoms with van der Waals surface area (Å²) in [4.78, 5) is 22.1. The van der Waals surface area contributed by atoms with Gasteiger partial charge in [-0.3, -0.25) is 9.59 Å². The summed E-state index contributed by atoms with van der Waals surface area (Å²) in [6.07, 6.45) is 0.410. The summed E-state index contributed by atoms with van der Waals surface area (Å²) in [5.74, 6) is -0.606. The van der Waals surface area contributed by atoms with E-state index < -0.39 is 5.97 Å². The van der Waals surface area contributed by atoms with Crippen molar-refractivity contribution in [3.63, 3.8) is 0 Å². The molecule has 0 aliphatic heterocycles. The van der Waals surface area contributed by atoms with Crippen molar-refractivity contribution in [2.75, 3.05) is 6.61 Å². The van der Waals surface area contributed by atoms with Crippen LogP contribution < -0.4 is 10.1 Å². The van der Waals surface area contributed by atoms with Gasteiger partial charge in [0.2, 0.25) is 0 Å². The summed E-state index contributed by atoms with van der Waals surface area (Å²) >= 11 is 5.95. The number of hydrogen-bond donors (Lipinski definition) is 2. The third-order valence-corrected chi connectivity index (χ3v) is 3.18. The largest absolute Gasteiger partial charge is 0.483 e. The maximum atomic E-state index is 11.7. The molecule has 0 fully saturated rings. The Kier molecular flexibility index (Phi) is 6.31. The fourth-order valence-corrected chi connectivity index (χ4v) is 1.78. The Morgan fingerprint density at radius 1 is 1.45 bits per heavy atom. The van der Waals surface area contributed by atoms with Crippen LogP contribution in [-0.2, 0) is 9.59 Å². The van der Waals surface area contributed by atoms with E-state index in [2.05, 4.69) is 5.32 Å². The Morgan fingerprint density at radius 2 is 2.15 bits per heavy atom. The number of benzene rings is 1. The third kappa shape index (κ3) is 5.48. The van der Waals surface area contributed by atoms with Crippen LogP contribution in [-0.4, -0.2) is 29.6 Å². The van der Waals surface area contributed by atoms with E-state index in [1.165, 1.54) is 0 Å². The SMILES string of the molecule is Cc1c(Cl)cccc1OCC(=O)NC(C)CCC(=O)O. The highest BCUT2D eigenvalue weighted by molar-refractivity contribution is 6.31. The van der Waals surface area contributed by atoms with Gasteiger partial charge in [-0.2, -0.15) is 0 Å². The molecule has 1 aromatic rings. The van der Waals surface area contributed by atoms with Crippen molar-refractivity contribution >= 4 is 23.5 Å². The molecule has 1 aromatic carbocycles. The number of carbonyl (C=O) groups excluding carboxylic acids is 1. The molecule has 1 unspecified atom stereocenters. The summed E-state index contributed by atoms with van der Waals surface area (Å²) in [6, 6.07) is 5.03. The average Bonchev–Trinajstić information content (AvgIpc) is 2.38. The molecule has 0 bridgehead atoms. The van der Waals surface area contributed by atoms with E-state index in [1.54, 1.807) is 25.1 Å². The Balaban J connectivity index is 2.39. The van der Waals surface area contributed by atoms with Crippen LogP contribution in [0.2, 0.25) is 5.02 Å². The summed E-state index contributed by atoms with van der Waals surface area (Å²) in [6.45, 7) is 3.44. The normalized spacial score (nSPS) is 11.8. The van der Waals surface area contributed by atoms with Crippen LogP contribution in [0.15, 0.2) is 18.2 Å². The van der Waals surface area contributed by atoms with Crippen LogP contribution in [0.3, 0.4) is 0 Å². The van der Waals surface area contributed by atoms with Crippen LogP contribution in [0.25, 0.3) is 0 Å². The number of halogens is 1. The molecule has 0 radical (unpaired) electrons. The van der Waals surface area contributed by atoms with E-state index in [0.29, 0.717) is 17.2 Å². The molecule has 1 rings (SSSR count). The van der Waals surface area contributed by atoms with E-state index in [1.807, 2.05) is 6.92 Å². The van der Waals surface area contributed by atoms with Crippen molar-refractivity contribution < 1.29 is 19.4 Å². The Labute approximate surface area is 122 Å². The molecular weight excluding hydrogens is 282 g/mol. The summed E-state index contributed by atoms with van der Waals surface area (Å²) in [5, 5.41) is 11.8. The van der Waals surface area contributed by atoms with E-state index >= 15 is 0 Å². The van der Waals surface area contributed by atoms with Crippen molar-refractivity contribution in [1.82, 2.24) is 5.32 Å². The highest BCUT2D eigenvalue weighted by atomic mass is 35.5. The Bertz CT molecular complexity index is 490. The van der Waals surface area contributed by atoms with Gasteiger partial charge in [-0.1, -0.05) is 17.7 Å². The molecular formula is C14H18ClNO4. The van der Waals surface area contributed by atoms with Gasteiger partial charge in [0.25, 0.3) is 5.91 Å². The van der Waals surface area contributed by atoms with Gasteiger partial charge in [-0.15, -0.1) is 0 Å². The predicted molar refractivity (Wildman–Crippen MR) is 76.2 cm³/mol. The molecule has 0 aromatic heterocycles. The topological polar surface area (TPSA) is 75.6 Å². The van der Waals surface area contributed by atoms with Crippen LogP contribution in [0.4, 0.5) is 0 Å². The zero-order valence-electron chi connectivity index (χ0n) is 11.5. The van der Waals surface area contributed by atoms with Crippen molar-refractivity contribution in [2.24, 2.45) is 0 Å². The van der Waals surface area contributed by atoms with Crippen LogP contribution >= 0.6 is 11.6 Å². The van der Waals surface area contributed by atoms with Gasteiger partial charge in [0, 0.05) is 23.0 Å². The molecule has 1 atom stereocenters. The van der Waals surface area contributed by atoms with Gasteiger partial charge in [-0.25, -0.2) is 0 Å². The lowest BCUT2D eigenvalue weighted by Crippen LogP contribution is -2.36. The number of hydrogen-bond acceptors (Lipinski definition) is 3. The number of aliphatic carboxylic acids is 1. The summed E-state index contributed by atoms with van der Waals surface area (Å²) in [5.41, 5.74) is 0.779. The molecule has 5 nitrogen and oxygen atoms in total. The zero-order chi connectivity index (χ0) is 15.1. The second kappa shape index (κ2) is 7.75. The average molecular weight is 300 g/mol. The first-order valence-corrected chi connectivity index (χ1v) is 6.67. The minimum absolute atomic E-state index is 0.0235. The van der Waals surface area contributed by atoms with Crippen molar-refractivity contribution in [3.8, 4) is 5.75 Å². The Morgan fingerprint density at radius 3 is 2.80 bits per heavy atom. The molecule has 0 saturated heterocycles. The van der Waals surface area contributed by atoms with Gasteiger partial charge >= 0.3 is 5.97 Å². The summed E-state index contributed by atoms with van der Waals surface area (Å²) < 4.78 is 5.39. The third-order valence-electron chi connectivity index (χ3n) is 2.78. The minimum atomic E-state index is -0.878. The smallest absolute Gasteiger partial charge is 0.303 e. The molecule has 20 heavy (non-hydrogen) atoms. The number of ether oxygens (including phenoxy) is 1. The number of rotatable bonds is 7. The molecule has 2 N–H and O–H groups in total. The number of carboxylic acid groups (broad SMARTS) is 1. The number of amides is 1. The van der Waals surface area contributed by atoms with Crippen LogP contribution in [0.5, 0.6) is 5.75 Å². The first kappa shape index (κ1) is 16.3. The first-order chi connectivity index (χ1) is 9.40. The maximum absolute atomic E-state index is 11.7. The van der Waals surface area contributed by atoms with Gasteiger partial charge in [0.15, 0.2) is 6.61 Å². The lowest BCUT2D eigenvalue weighted by molar-refractivity contribution is -0.137. The fraction of sp³-hybridized carbons (Fsp3) is 0.429. The molecule has 0 saturated carbocycles. The second-order valence-electron chi connectivity index (χ2n) is 4.55. The standard InChI is InChI=1S/C14H18ClNO4/c1-9(6-7-14(18)19)16-13(17)8-20-12-5-3-4-11(15)10(12)2/h3-5,9H,6-8H2,1-2H3,(H,16,17)(H,18,19). The molecule has 110 valence electrons. The number of carboxylic acids is 1. The van der Waals surface area contributed by atoms with E-state index in [-0.39, 0.29) is 25.0 Å². The molecule has 0 aliphatic rings. The summed E-state index contributed by atoms with van der Waals surface area (Å²) in [7, 11) is 0. The molecule has 6 heteroatoms. The highest BCUT2D eigenvalue weighted by Gasteiger charge is 2.11. The first-order valence-electron chi connectivity index (χ1n) is 6.29. The Hall–Kier alpha value is -1.75. The van der Waals surface area contributed by atoms with E-state index in [0.717, 1.165) is 5.56 Å². The second-order valence-corrected chi connectivity index (χ2v) is 4.96. The fourth-order valence-electron chi connectivity index (χ4n) is 1.62. The minimum Gasteiger partial charge on any atom is -0.483 e. The zero-order valence-corrected chi connectivity index (χ0v) is 12.2. The predicted octanol–water partition coefficient (Wildman–Crippen LogP) is 2.40. The highest BCUT2D eigenvalue weighted by Crippen LogP contribution is 2.24. The van der Waals surface area contributed by atoms with Crippen LogP contribution in [0.1, 0.15) is 25.3 Å². The van der Waals surface area contributed by atoms with Gasteiger partial charge in [-0.05, 0) is 32.4 Å². The van der Waals surface area contributed by atoms with Gasteiger partial charge < -0.3 is 15.2 Å². The molecule has 0 aliphatic carbocycles. The molecule has 0 heterocycles. The molecule has 1 amide bonds. The van der Waals surface area contributed by atoms with Crippen molar-refractivity contribution in [1.29, 1.82) is 0 Å². The van der Waals surface area contributed by atoms with E-state index in [9.17, 15) is 9.59 Å². The van der Waals surface area contributed by atoms with Crippen molar-refractivity contribution in [3.05, 3.63) is 28.8 Å². The lowest BCUT2D eigenvalue weighted by Gasteiger charge is -2.14. The van der Waals surface area contributed by atoms with Crippen molar-refractivity contribution in [2.45, 2.75) is 32.7 Å². The van der Waals surface area contributed by atoms with Gasteiger partial charge in [0.1, 0.15) is 5.75 Å². The molecule has 0 spiro atoms. The van der Waals surface area contributed by atoms with Gasteiger partial charge in [0.05, 0.1) is 0 Å².